The molecule has 1 aliphatic rings. The maximum absolute atomic E-state index is 6.99. The summed E-state index contributed by atoms with van der Waals surface area (Å²) in [5, 5.41) is 14.0. The Morgan fingerprint density at radius 3 is 2.93 bits per heavy atom. The highest BCUT2D eigenvalue weighted by Gasteiger charge is 2.25. The largest absolute Gasteiger partial charge is 0.335 e. The quantitative estimate of drug-likeness (QED) is 0.611. The van der Waals surface area contributed by atoms with Gasteiger partial charge in [0.2, 0.25) is 0 Å². The summed E-state index contributed by atoms with van der Waals surface area (Å²) in [6.45, 7) is 6.98. The summed E-state index contributed by atoms with van der Waals surface area (Å²) in [6.07, 6.45) is 1.51. The molecule has 82 valence electrons. The van der Waals surface area contributed by atoms with Crippen molar-refractivity contribution in [3.8, 4) is 0 Å². The fraction of sp³-hybridized carbons (Fsp3) is 0.667. The third-order valence-electron chi connectivity index (χ3n) is 2.37. The molecule has 0 radical (unpaired) electrons. The van der Waals surface area contributed by atoms with Gasteiger partial charge in [-0.3, -0.25) is 5.32 Å². The summed E-state index contributed by atoms with van der Waals surface area (Å²) < 4.78 is 1.93. The smallest absolute Gasteiger partial charge is 0.194 e. The van der Waals surface area contributed by atoms with Crippen LogP contribution in [-0.4, -0.2) is 16.1 Å². The number of aromatic nitrogens is 2. The first-order valence-corrected chi connectivity index (χ1v) is 4.96. The molecule has 6 nitrogen and oxygen atoms in total. The van der Waals surface area contributed by atoms with Crippen LogP contribution in [0.3, 0.4) is 0 Å². The van der Waals surface area contributed by atoms with Crippen molar-refractivity contribution in [2.75, 3.05) is 5.32 Å². The third-order valence-corrected chi connectivity index (χ3v) is 2.37. The number of hydrogen-bond acceptors (Lipinski definition) is 5. The molecule has 2 heterocycles. The first-order chi connectivity index (χ1) is 7.02. The van der Waals surface area contributed by atoms with Gasteiger partial charge in [-0.05, 0) is 20.8 Å². The Hall–Kier alpha value is -1.43. The van der Waals surface area contributed by atoms with Crippen molar-refractivity contribution in [3.63, 3.8) is 0 Å². The van der Waals surface area contributed by atoms with E-state index in [2.05, 4.69) is 41.6 Å². The van der Waals surface area contributed by atoms with Gasteiger partial charge in [0.1, 0.15) is 5.82 Å². The van der Waals surface area contributed by atoms with Gasteiger partial charge in [-0.2, -0.15) is 10.2 Å². The fourth-order valence-corrected chi connectivity index (χ4v) is 1.64. The minimum Gasteiger partial charge on any atom is -0.335 e. The standard InChI is InChI=1S/C9H16N6/c1-9(2,3)15-7-6(5-12-15)4-11-8(13-7)14-10/h5,8,10-11,13H,4H2,1-3H3. The Morgan fingerprint density at radius 2 is 2.33 bits per heavy atom. The fourth-order valence-electron chi connectivity index (χ4n) is 1.64. The SMILES string of the molecule is CC(C)(C)n1ncc2c1NC(N=N)NC2. The number of nitrogens with zero attached hydrogens (tertiary/aromatic N) is 3. The average molecular weight is 208 g/mol. The van der Waals surface area contributed by atoms with Crippen LogP contribution < -0.4 is 10.6 Å². The van der Waals surface area contributed by atoms with Crippen LogP contribution in [-0.2, 0) is 12.1 Å². The van der Waals surface area contributed by atoms with Crippen LogP contribution in [0.4, 0.5) is 5.82 Å². The van der Waals surface area contributed by atoms with Crippen LogP contribution in [0.2, 0.25) is 0 Å². The van der Waals surface area contributed by atoms with E-state index in [9.17, 15) is 0 Å². The zero-order chi connectivity index (χ0) is 11.1. The Morgan fingerprint density at radius 1 is 1.60 bits per heavy atom. The summed E-state index contributed by atoms with van der Waals surface area (Å²) in [4.78, 5) is 0. The second-order valence-electron chi connectivity index (χ2n) is 4.66. The zero-order valence-corrected chi connectivity index (χ0v) is 9.20. The second-order valence-corrected chi connectivity index (χ2v) is 4.66. The highest BCUT2D eigenvalue weighted by Crippen LogP contribution is 2.26. The molecule has 0 aromatic carbocycles. The van der Waals surface area contributed by atoms with Gasteiger partial charge < -0.3 is 5.32 Å². The Balaban J connectivity index is 2.37. The van der Waals surface area contributed by atoms with Crippen LogP contribution in [0.25, 0.3) is 0 Å². The molecule has 15 heavy (non-hydrogen) atoms. The average Bonchev–Trinajstić information content (AvgIpc) is 2.59. The summed E-state index contributed by atoms with van der Waals surface area (Å²) in [5.74, 6) is 0.960. The van der Waals surface area contributed by atoms with Crippen LogP contribution in [0.15, 0.2) is 11.3 Å². The van der Waals surface area contributed by atoms with Gasteiger partial charge in [0, 0.05) is 12.1 Å². The van der Waals surface area contributed by atoms with E-state index in [4.69, 9.17) is 5.53 Å². The maximum Gasteiger partial charge on any atom is 0.194 e. The lowest BCUT2D eigenvalue weighted by atomic mass is 10.1. The van der Waals surface area contributed by atoms with Crippen LogP contribution in [0, 0.1) is 5.53 Å². The Kier molecular flexibility index (Phi) is 2.22. The van der Waals surface area contributed by atoms with Gasteiger partial charge in [0.15, 0.2) is 6.29 Å². The third kappa shape index (κ3) is 1.72. The first kappa shape index (κ1) is 10.1. The van der Waals surface area contributed by atoms with E-state index in [0.717, 1.165) is 11.4 Å². The minimum absolute atomic E-state index is 0.0650. The Labute approximate surface area is 88.6 Å². The molecule has 2 rings (SSSR count). The minimum atomic E-state index is -0.338. The normalized spacial score (nSPS) is 20.6. The van der Waals surface area contributed by atoms with Gasteiger partial charge in [-0.15, -0.1) is 0 Å². The summed E-state index contributed by atoms with van der Waals surface area (Å²) >= 11 is 0. The lowest BCUT2D eigenvalue weighted by Gasteiger charge is -2.27. The number of fused-ring (bicyclic) bond motifs is 1. The maximum atomic E-state index is 6.99. The molecular formula is C9H16N6. The molecule has 1 aromatic rings. The van der Waals surface area contributed by atoms with E-state index in [1.165, 1.54) is 0 Å². The molecule has 6 heteroatoms. The molecule has 3 N–H and O–H groups in total. The van der Waals surface area contributed by atoms with Crippen molar-refractivity contribution >= 4 is 5.82 Å². The van der Waals surface area contributed by atoms with Crippen LogP contribution in [0.1, 0.15) is 26.3 Å². The van der Waals surface area contributed by atoms with Crippen LogP contribution >= 0.6 is 0 Å². The summed E-state index contributed by atoms with van der Waals surface area (Å²) in [7, 11) is 0. The highest BCUT2D eigenvalue weighted by atomic mass is 15.4. The van der Waals surface area contributed by atoms with E-state index in [1.54, 1.807) is 0 Å². The van der Waals surface area contributed by atoms with Gasteiger partial charge in [-0.1, -0.05) is 0 Å². The zero-order valence-electron chi connectivity index (χ0n) is 9.20. The molecule has 0 fully saturated rings. The number of anilines is 1. The topological polar surface area (TPSA) is 78.1 Å². The molecule has 1 atom stereocenters. The van der Waals surface area contributed by atoms with Gasteiger partial charge in [0.25, 0.3) is 0 Å². The summed E-state index contributed by atoms with van der Waals surface area (Å²) in [5.41, 5.74) is 8.04. The molecular weight excluding hydrogens is 192 g/mol. The Bertz CT molecular complexity index is 374. The number of nitrogens with one attached hydrogen (secondary N) is 3. The van der Waals surface area contributed by atoms with Crippen molar-refractivity contribution in [3.05, 3.63) is 11.8 Å². The van der Waals surface area contributed by atoms with E-state index >= 15 is 0 Å². The molecule has 0 aliphatic carbocycles. The van der Waals surface area contributed by atoms with Gasteiger partial charge in [0.05, 0.1) is 11.7 Å². The van der Waals surface area contributed by atoms with Gasteiger partial charge in [-0.25, -0.2) is 10.2 Å². The van der Waals surface area contributed by atoms with E-state index in [-0.39, 0.29) is 11.8 Å². The molecule has 0 spiro atoms. The molecule has 0 saturated carbocycles. The predicted molar refractivity (Wildman–Crippen MR) is 56.6 cm³/mol. The van der Waals surface area contributed by atoms with Gasteiger partial charge >= 0.3 is 0 Å². The van der Waals surface area contributed by atoms with Crippen molar-refractivity contribution in [2.45, 2.75) is 39.1 Å². The van der Waals surface area contributed by atoms with E-state index in [0.29, 0.717) is 6.54 Å². The van der Waals surface area contributed by atoms with Crippen molar-refractivity contribution in [2.24, 2.45) is 5.11 Å². The van der Waals surface area contributed by atoms with Crippen molar-refractivity contribution in [1.29, 1.82) is 5.53 Å². The van der Waals surface area contributed by atoms with Crippen LogP contribution in [0.5, 0.6) is 0 Å². The summed E-state index contributed by atoms with van der Waals surface area (Å²) in [6, 6.07) is 0. The predicted octanol–water partition coefficient (Wildman–Crippen LogP) is 1.47. The lowest BCUT2D eigenvalue weighted by molar-refractivity contribution is 0.356. The number of rotatable bonds is 1. The van der Waals surface area contributed by atoms with Crippen molar-refractivity contribution in [1.82, 2.24) is 15.1 Å². The molecule has 1 unspecified atom stereocenters. The lowest BCUT2D eigenvalue weighted by Crippen LogP contribution is -2.40. The molecule has 0 amide bonds. The first-order valence-electron chi connectivity index (χ1n) is 4.96. The molecule has 1 aromatic heterocycles. The molecule has 0 saturated heterocycles. The van der Waals surface area contributed by atoms with E-state index in [1.807, 2.05) is 10.9 Å². The monoisotopic (exact) mass is 208 g/mol. The highest BCUT2D eigenvalue weighted by molar-refractivity contribution is 5.47. The molecule has 1 aliphatic heterocycles. The van der Waals surface area contributed by atoms with E-state index < -0.39 is 0 Å². The molecule has 0 bridgehead atoms. The van der Waals surface area contributed by atoms with Crippen molar-refractivity contribution < 1.29 is 0 Å². The second kappa shape index (κ2) is 3.30. The number of hydrogen-bond donors (Lipinski definition) is 3.